The topological polar surface area (TPSA) is 91.5 Å². The number of hydrogen-bond donors (Lipinski definition) is 2. The third-order valence-corrected chi connectivity index (χ3v) is 6.27. The molecule has 1 fully saturated rings. The first-order valence-electron chi connectivity index (χ1n) is 7.73. The van der Waals surface area contributed by atoms with Gasteiger partial charge in [-0.25, -0.2) is 12.7 Å². The van der Waals surface area contributed by atoms with Crippen LogP contribution in [0.2, 0.25) is 0 Å². The number of H-pyrrole nitrogens is 1. The number of carbonyl (C=O) groups is 1. The highest BCUT2D eigenvalue weighted by molar-refractivity contribution is 7.89. The SMILES string of the molecule is CN(C)S(=O)(=O)C[C@@H]1COC[C@@H]1NC(=O)c1ccc2[nH]ccc2c1. The molecule has 0 unspecified atom stereocenters. The van der Waals surface area contributed by atoms with Crippen molar-refractivity contribution in [1.82, 2.24) is 14.6 Å². The summed E-state index contributed by atoms with van der Waals surface area (Å²) in [6.07, 6.45) is 1.82. The Bertz CT molecular complexity index is 844. The summed E-state index contributed by atoms with van der Waals surface area (Å²) < 4.78 is 30.7. The second kappa shape index (κ2) is 6.54. The molecule has 1 amide bonds. The fraction of sp³-hybridized carbons (Fsp3) is 0.438. The van der Waals surface area contributed by atoms with Gasteiger partial charge in [-0.2, -0.15) is 0 Å². The van der Waals surface area contributed by atoms with Gasteiger partial charge in [-0.3, -0.25) is 4.79 Å². The highest BCUT2D eigenvalue weighted by Crippen LogP contribution is 2.19. The zero-order valence-corrected chi connectivity index (χ0v) is 14.5. The monoisotopic (exact) mass is 351 g/mol. The van der Waals surface area contributed by atoms with Gasteiger partial charge in [0.1, 0.15) is 0 Å². The predicted molar refractivity (Wildman–Crippen MR) is 91.3 cm³/mol. The van der Waals surface area contributed by atoms with Gasteiger partial charge >= 0.3 is 0 Å². The minimum absolute atomic E-state index is 0.0399. The van der Waals surface area contributed by atoms with Crippen molar-refractivity contribution in [2.24, 2.45) is 5.92 Å². The number of aromatic amines is 1. The number of nitrogens with one attached hydrogen (secondary N) is 2. The average Bonchev–Trinajstić information content (AvgIpc) is 3.15. The molecule has 8 heteroatoms. The van der Waals surface area contributed by atoms with Gasteiger partial charge in [0.05, 0.1) is 25.0 Å². The molecule has 2 heterocycles. The molecular weight excluding hydrogens is 330 g/mol. The predicted octanol–water partition coefficient (Wildman–Crippen LogP) is 0.804. The number of hydrogen-bond acceptors (Lipinski definition) is 4. The van der Waals surface area contributed by atoms with Gasteiger partial charge in [-0.1, -0.05) is 0 Å². The smallest absolute Gasteiger partial charge is 0.251 e. The fourth-order valence-electron chi connectivity index (χ4n) is 2.79. The van der Waals surface area contributed by atoms with E-state index in [-0.39, 0.29) is 23.6 Å². The molecule has 1 aromatic carbocycles. The highest BCUT2D eigenvalue weighted by Gasteiger charge is 2.34. The number of carbonyl (C=O) groups excluding carboxylic acids is 1. The fourth-order valence-corrected chi connectivity index (χ4v) is 3.96. The minimum Gasteiger partial charge on any atom is -0.379 e. The van der Waals surface area contributed by atoms with Crippen LogP contribution in [0.25, 0.3) is 10.9 Å². The number of rotatable bonds is 5. The molecule has 1 saturated heterocycles. The van der Waals surface area contributed by atoms with Gasteiger partial charge < -0.3 is 15.0 Å². The van der Waals surface area contributed by atoms with E-state index in [0.29, 0.717) is 18.8 Å². The summed E-state index contributed by atoms with van der Waals surface area (Å²) in [5.41, 5.74) is 1.51. The molecule has 0 spiro atoms. The van der Waals surface area contributed by atoms with E-state index in [1.165, 1.54) is 18.4 Å². The van der Waals surface area contributed by atoms with Crippen LogP contribution in [0, 0.1) is 5.92 Å². The van der Waals surface area contributed by atoms with Crippen LogP contribution in [-0.2, 0) is 14.8 Å². The van der Waals surface area contributed by atoms with Crippen molar-refractivity contribution in [3.8, 4) is 0 Å². The van der Waals surface area contributed by atoms with Crippen molar-refractivity contribution in [2.45, 2.75) is 6.04 Å². The Hall–Kier alpha value is -1.90. The number of amides is 1. The molecule has 130 valence electrons. The van der Waals surface area contributed by atoms with Crippen LogP contribution in [0.5, 0.6) is 0 Å². The van der Waals surface area contributed by atoms with Crippen LogP contribution in [0.4, 0.5) is 0 Å². The summed E-state index contributed by atoms with van der Waals surface area (Å²) in [6, 6.07) is 6.99. The maximum Gasteiger partial charge on any atom is 0.251 e. The number of aromatic nitrogens is 1. The number of sulfonamides is 1. The Labute approximate surface area is 141 Å². The maximum atomic E-state index is 12.5. The summed E-state index contributed by atoms with van der Waals surface area (Å²) in [5, 5.41) is 3.86. The van der Waals surface area contributed by atoms with Crippen molar-refractivity contribution in [1.29, 1.82) is 0 Å². The molecule has 1 aromatic heterocycles. The Morgan fingerprint density at radius 2 is 2.12 bits per heavy atom. The molecule has 2 aromatic rings. The Morgan fingerprint density at radius 1 is 1.33 bits per heavy atom. The molecule has 0 bridgehead atoms. The van der Waals surface area contributed by atoms with E-state index >= 15 is 0 Å². The Balaban J connectivity index is 1.70. The molecule has 2 atom stereocenters. The number of nitrogens with zero attached hydrogens (tertiary/aromatic N) is 1. The third kappa shape index (κ3) is 3.45. The molecule has 2 N–H and O–H groups in total. The first-order valence-corrected chi connectivity index (χ1v) is 9.34. The quantitative estimate of drug-likeness (QED) is 0.834. The van der Waals surface area contributed by atoms with Crippen molar-refractivity contribution >= 4 is 26.8 Å². The van der Waals surface area contributed by atoms with Crippen LogP contribution in [0.1, 0.15) is 10.4 Å². The molecule has 0 radical (unpaired) electrons. The largest absolute Gasteiger partial charge is 0.379 e. The van der Waals surface area contributed by atoms with E-state index < -0.39 is 10.0 Å². The van der Waals surface area contributed by atoms with Crippen LogP contribution in [0.3, 0.4) is 0 Å². The van der Waals surface area contributed by atoms with Gasteiger partial charge in [0.25, 0.3) is 5.91 Å². The lowest BCUT2D eigenvalue weighted by atomic mass is 10.1. The standard InChI is InChI=1S/C16H21N3O4S/c1-19(2)24(21,22)10-13-8-23-9-15(13)18-16(20)12-3-4-14-11(7-12)5-6-17-14/h3-7,13,15,17H,8-10H2,1-2H3,(H,18,20)/t13-,15-/m0/s1. The normalized spacial score (nSPS) is 21.5. The molecule has 24 heavy (non-hydrogen) atoms. The first-order chi connectivity index (χ1) is 11.4. The molecule has 0 aliphatic carbocycles. The van der Waals surface area contributed by atoms with Crippen LogP contribution < -0.4 is 5.32 Å². The van der Waals surface area contributed by atoms with E-state index in [0.717, 1.165) is 10.9 Å². The van der Waals surface area contributed by atoms with Gasteiger partial charge in [-0.05, 0) is 24.3 Å². The number of fused-ring (bicyclic) bond motifs is 1. The first kappa shape index (κ1) is 16.9. The zero-order chi connectivity index (χ0) is 17.3. The van der Waals surface area contributed by atoms with Crippen molar-refractivity contribution < 1.29 is 17.9 Å². The van der Waals surface area contributed by atoms with Gasteiger partial charge in [0.2, 0.25) is 10.0 Å². The number of benzene rings is 1. The van der Waals surface area contributed by atoms with E-state index in [9.17, 15) is 13.2 Å². The maximum absolute atomic E-state index is 12.5. The lowest BCUT2D eigenvalue weighted by Gasteiger charge is -2.21. The molecule has 0 saturated carbocycles. The van der Waals surface area contributed by atoms with Gasteiger partial charge in [-0.15, -0.1) is 0 Å². The molecule has 3 rings (SSSR count). The van der Waals surface area contributed by atoms with Crippen LogP contribution >= 0.6 is 0 Å². The second-order valence-electron chi connectivity index (χ2n) is 6.22. The molecule has 1 aliphatic heterocycles. The summed E-state index contributed by atoms with van der Waals surface area (Å²) in [5.74, 6) is -0.514. The molecule has 1 aliphatic rings. The van der Waals surface area contributed by atoms with Crippen molar-refractivity contribution in [3.63, 3.8) is 0 Å². The Kier molecular flexibility index (Phi) is 4.62. The number of ether oxygens (including phenoxy) is 1. The molecule has 7 nitrogen and oxygen atoms in total. The summed E-state index contributed by atoms with van der Waals surface area (Å²) in [6.45, 7) is 0.653. The lowest BCUT2D eigenvalue weighted by molar-refractivity contribution is 0.0926. The second-order valence-corrected chi connectivity index (χ2v) is 8.45. The van der Waals surface area contributed by atoms with Gasteiger partial charge in [0.15, 0.2) is 0 Å². The van der Waals surface area contributed by atoms with E-state index in [2.05, 4.69) is 10.3 Å². The lowest BCUT2D eigenvalue weighted by Crippen LogP contribution is -2.43. The van der Waals surface area contributed by atoms with Gasteiger partial charge in [0, 0.05) is 42.7 Å². The highest BCUT2D eigenvalue weighted by atomic mass is 32.2. The zero-order valence-electron chi connectivity index (χ0n) is 13.7. The third-order valence-electron chi connectivity index (χ3n) is 4.31. The van der Waals surface area contributed by atoms with Crippen molar-refractivity contribution in [2.75, 3.05) is 33.1 Å². The Morgan fingerprint density at radius 3 is 2.88 bits per heavy atom. The van der Waals surface area contributed by atoms with E-state index in [4.69, 9.17) is 4.74 Å². The van der Waals surface area contributed by atoms with Crippen molar-refractivity contribution in [3.05, 3.63) is 36.0 Å². The molecular formula is C16H21N3O4S. The summed E-state index contributed by atoms with van der Waals surface area (Å²) in [4.78, 5) is 15.6. The average molecular weight is 351 g/mol. The minimum atomic E-state index is -3.34. The van der Waals surface area contributed by atoms with Crippen LogP contribution in [-0.4, -0.2) is 62.7 Å². The van der Waals surface area contributed by atoms with Crippen LogP contribution in [0.15, 0.2) is 30.5 Å². The summed E-state index contributed by atoms with van der Waals surface area (Å²) in [7, 11) is -0.329. The summed E-state index contributed by atoms with van der Waals surface area (Å²) >= 11 is 0. The van der Waals surface area contributed by atoms with E-state index in [1.807, 2.05) is 24.4 Å². The van der Waals surface area contributed by atoms with E-state index in [1.54, 1.807) is 6.07 Å².